The van der Waals surface area contributed by atoms with Crippen LogP contribution in [0.3, 0.4) is 0 Å². The Morgan fingerprint density at radius 3 is 2.24 bits per heavy atom. The first-order valence-corrected chi connectivity index (χ1v) is 15.3. The van der Waals surface area contributed by atoms with E-state index in [4.69, 9.17) is 26.1 Å². The van der Waals surface area contributed by atoms with Gasteiger partial charge in [0, 0.05) is 42.3 Å². The highest BCUT2D eigenvalue weighted by Gasteiger charge is 2.31. The summed E-state index contributed by atoms with van der Waals surface area (Å²) in [5.74, 6) is 2.18. The van der Waals surface area contributed by atoms with E-state index in [1.165, 1.54) is 6.07 Å². The maximum atomic E-state index is 13.7. The fraction of sp³-hybridized carbons (Fsp3) is 0.250. The van der Waals surface area contributed by atoms with Gasteiger partial charge in [0.2, 0.25) is 6.79 Å². The number of hydrogen-bond donors (Lipinski definition) is 0. The van der Waals surface area contributed by atoms with Crippen molar-refractivity contribution in [1.82, 2.24) is 14.5 Å². The van der Waals surface area contributed by atoms with Gasteiger partial charge in [0.25, 0.3) is 0 Å². The number of hydrogen-bond acceptors (Lipinski definition) is 4. The molecule has 0 amide bonds. The zero-order valence-electron chi connectivity index (χ0n) is 24.9. The van der Waals surface area contributed by atoms with Crippen LogP contribution in [0.25, 0.3) is 22.6 Å². The highest BCUT2D eigenvalue weighted by Crippen LogP contribution is 2.36. The van der Waals surface area contributed by atoms with Gasteiger partial charge in [-0.05, 0) is 47.9 Å². The number of imidazole rings is 1. The van der Waals surface area contributed by atoms with Crippen LogP contribution in [-0.4, -0.2) is 21.2 Å². The molecule has 0 saturated carbocycles. The van der Waals surface area contributed by atoms with E-state index < -0.39 is 11.7 Å². The maximum Gasteiger partial charge on any atom is 0.416 e. The molecule has 5 nitrogen and oxygen atoms in total. The minimum atomic E-state index is -4.48. The molecule has 9 heteroatoms. The second-order valence-electron chi connectivity index (χ2n) is 11.1. The van der Waals surface area contributed by atoms with E-state index >= 15 is 0 Å². The normalized spacial score (nSPS) is 12.7. The first kappa shape index (κ1) is 30.7. The van der Waals surface area contributed by atoms with Gasteiger partial charge in [-0.3, -0.25) is 4.90 Å². The number of fused-ring (bicyclic) bond motifs is 1. The third kappa shape index (κ3) is 7.02. The molecule has 0 aliphatic carbocycles. The van der Waals surface area contributed by atoms with E-state index in [1.54, 1.807) is 0 Å². The molecule has 1 aliphatic heterocycles. The Kier molecular flexibility index (Phi) is 9.14. The molecule has 0 unspecified atom stereocenters. The molecule has 0 saturated heterocycles. The Balaban J connectivity index is 1.46. The van der Waals surface area contributed by atoms with Gasteiger partial charge >= 0.3 is 6.18 Å². The Morgan fingerprint density at radius 2 is 1.53 bits per heavy atom. The second-order valence-corrected chi connectivity index (χ2v) is 11.5. The van der Waals surface area contributed by atoms with Gasteiger partial charge in [-0.25, -0.2) is 4.98 Å². The number of nitrogens with zero attached hydrogens (tertiary/aromatic N) is 3. The van der Waals surface area contributed by atoms with Crippen LogP contribution >= 0.6 is 11.6 Å². The summed E-state index contributed by atoms with van der Waals surface area (Å²) in [6.07, 6.45) is -2.54. The quantitative estimate of drug-likeness (QED) is 0.146. The van der Waals surface area contributed by atoms with Crippen molar-refractivity contribution in [3.05, 3.63) is 124 Å². The molecular formula is C36H33ClF3N3O2. The van der Waals surface area contributed by atoms with E-state index in [0.717, 1.165) is 65.4 Å². The van der Waals surface area contributed by atoms with Crippen molar-refractivity contribution >= 4 is 11.6 Å². The molecular weight excluding hydrogens is 599 g/mol. The molecule has 6 rings (SSSR count). The largest absolute Gasteiger partial charge is 0.454 e. The number of alkyl halides is 3. The van der Waals surface area contributed by atoms with Gasteiger partial charge in [-0.2, -0.15) is 13.2 Å². The van der Waals surface area contributed by atoms with Crippen LogP contribution in [0, 0.1) is 0 Å². The fourth-order valence-electron chi connectivity index (χ4n) is 5.63. The van der Waals surface area contributed by atoms with Gasteiger partial charge in [-0.1, -0.05) is 91.7 Å². The minimum absolute atomic E-state index is 0.154. The fourth-order valence-corrected chi connectivity index (χ4v) is 5.81. The Morgan fingerprint density at radius 1 is 0.822 bits per heavy atom. The molecule has 45 heavy (non-hydrogen) atoms. The van der Waals surface area contributed by atoms with Crippen molar-refractivity contribution in [2.24, 2.45) is 0 Å². The molecule has 2 heterocycles. The molecule has 0 fully saturated rings. The molecule has 5 aromatic rings. The number of rotatable bonds is 11. The van der Waals surface area contributed by atoms with Crippen LogP contribution in [0.5, 0.6) is 11.5 Å². The molecule has 0 bridgehead atoms. The van der Waals surface area contributed by atoms with Crippen molar-refractivity contribution < 1.29 is 22.6 Å². The zero-order valence-corrected chi connectivity index (χ0v) is 25.6. The molecule has 0 N–H and O–H groups in total. The summed E-state index contributed by atoms with van der Waals surface area (Å²) in [5.41, 5.74) is 4.41. The van der Waals surface area contributed by atoms with Gasteiger partial charge < -0.3 is 14.0 Å². The highest BCUT2D eigenvalue weighted by molar-refractivity contribution is 6.31. The van der Waals surface area contributed by atoms with E-state index in [2.05, 4.69) is 28.5 Å². The lowest BCUT2D eigenvalue weighted by atomic mass is 10.1. The monoisotopic (exact) mass is 631 g/mol. The Hall–Kier alpha value is -4.27. The first-order valence-electron chi connectivity index (χ1n) is 15.0. The van der Waals surface area contributed by atoms with Crippen molar-refractivity contribution in [3.8, 4) is 34.1 Å². The Bertz CT molecular complexity index is 1760. The highest BCUT2D eigenvalue weighted by atomic mass is 35.5. The minimum Gasteiger partial charge on any atom is -0.454 e. The van der Waals surface area contributed by atoms with Gasteiger partial charge in [0.15, 0.2) is 11.5 Å². The summed E-state index contributed by atoms with van der Waals surface area (Å²) in [7, 11) is 0. The standard InChI is InChI=1S/C36H33ClF3N3O2/c1-2-3-18-43-31(34(26-10-6-4-7-11-26)41-35(43)27-12-8-5-9-13-27)23-42(21-25-14-17-32-33(19-25)45-24-44-32)22-28-20-29(36(38,39)40)15-16-30(28)37/h4-17,19-20H,2-3,18,21-24H2,1H3. The number of benzene rings is 4. The van der Waals surface area contributed by atoms with E-state index in [0.29, 0.717) is 30.2 Å². The lowest BCUT2D eigenvalue weighted by Crippen LogP contribution is -2.25. The molecule has 0 atom stereocenters. The third-order valence-electron chi connectivity index (χ3n) is 7.87. The molecule has 4 aromatic carbocycles. The summed E-state index contributed by atoms with van der Waals surface area (Å²) in [4.78, 5) is 7.32. The van der Waals surface area contributed by atoms with E-state index in [9.17, 15) is 13.2 Å². The van der Waals surface area contributed by atoms with Gasteiger partial charge in [-0.15, -0.1) is 0 Å². The van der Waals surface area contributed by atoms with E-state index in [-0.39, 0.29) is 18.4 Å². The van der Waals surface area contributed by atoms with Gasteiger partial charge in [0.1, 0.15) is 5.82 Å². The van der Waals surface area contributed by atoms with Crippen LogP contribution in [-0.2, 0) is 32.4 Å². The number of halogens is 4. The topological polar surface area (TPSA) is 39.5 Å². The summed E-state index contributed by atoms with van der Waals surface area (Å²) in [5, 5.41) is 0.284. The average molecular weight is 632 g/mol. The summed E-state index contributed by atoms with van der Waals surface area (Å²) in [6, 6.07) is 29.3. The number of ether oxygens (including phenoxy) is 2. The summed E-state index contributed by atoms with van der Waals surface area (Å²) < 4.78 is 54.6. The molecule has 0 radical (unpaired) electrons. The van der Waals surface area contributed by atoms with Crippen LogP contribution in [0.2, 0.25) is 5.02 Å². The molecule has 0 spiro atoms. The van der Waals surface area contributed by atoms with Crippen LogP contribution < -0.4 is 9.47 Å². The predicted octanol–water partition coefficient (Wildman–Crippen LogP) is 9.62. The van der Waals surface area contributed by atoms with Crippen molar-refractivity contribution in [2.45, 2.75) is 52.1 Å². The van der Waals surface area contributed by atoms with Crippen LogP contribution in [0.4, 0.5) is 13.2 Å². The number of aromatic nitrogens is 2. The average Bonchev–Trinajstić information content (AvgIpc) is 3.65. The lowest BCUT2D eigenvalue weighted by Gasteiger charge is -2.25. The smallest absolute Gasteiger partial charge is 0.416 e. The van der Waals surface area contributed by atoms with Crippen molar-refractivity contribution in [2.75, 3.05) is 6.79 Å². The van der Waals surface area contributed by atoms with Crippen molar-refractivity contribution in [3.63, 3.8) is 0 Å². The maximum absolute atomic E-state index is 13.7. The number of unbranched alkanes of at least 4 members (excludes halogenated alkanes) is 1. The van der Waals surface area contributed by atoms with E-state index in [1.807, 2.05) is 66.7 Å². The van der Waals surface area contributed by atoms with Crippen molar-refractivity contribution in [1.29, 1.82) is 0 Å². The third-order valence-corrected chi connectivity index (χ3v) is 8.24. The van der Waals surface area contributed by atoms with Crippen LogP contribution in [0.1, 0.15) is 42.1 Å². The van der Waals surface area contributed by atoms with Gasteiger partial charge in [0.05, 0.1) is 17.0 Å². The predicted molar refractivity (Wildman–Crippen MR) is 170 cm³/mol. The Labute approximate surface area is 265 Å². The molecule has 1 aromatic heterocycles. The molecule has 1 aliphatic rings. The molecule has 232 valence electrons. The SMILES string of the molecule is CCCCn1c(-c2ccccc2)nc(-c2ccccc2)c1CN(Cc1ccc2c(c1)OCO2)Cc1cc(C(F)(F)F)ccc1Cl. The first-order chi connectivity index (χ1) is 21.8. The zero-order chi connectivity index (χ0) is 31.4. The summed E-state index contributed by atoms with van der Waals surface area (Å²) in [6.45, 7) is 4.08. The summed E-state index contributed by atoms with van der Waals surface area (Å²) >= 11 is 6.54. The van der Waals surface area contributed by atoms with Crippen LogP contribution in [0.15, 0.2) is 97.1 Å². The lowest BCUT2D eigenvalue weighted by molar-refractivity contribution is -0.137. The second kappa shape index (κ2) is 13.4.